The predicted octanol–water partition coefficient (Wildman–Crippen LogP) is 2.15. The van der Waals surface area contributed by atoms with Crippen molar-refractivity contribution in [3.8, 4) is 5.75 Å². The van der Waals surface area contributed by atoms with Crippen LogP contribution in [0.25, 0.3) is 6.08 Å². The summed E-state index contributed by atoms with van der Waals surface area (Å²) >= 11 is 0. The molecular weight excluding hydrogens is 360 g/mol. The summed E-state index contributed by atoms with van der Waals surface area (Å²) in [5.74, 6) is -0.937. The molecule has 28 heavy (non-hydrogen) atoms. The second-order valence-electron chi connectivity index (χ2n) is 5.64. The first kappa shape index (κ1) is 20.7. The molecule has 0 aliphatic rings. The van der Waals surface area contributed by atoms with Crippen LogP contribution in [0, 0.1) is 0 Å². The van der Waals surface area contributed by atoms with Crippen LogP contribution in [0.4, 0.5) is 0 Å². The van der Waals surface area contributed by atoms with Crippen molar-refractivity contribution in [1.82, 2.24) is 10.6 Å². The molecule has 2 N–H and O–H groups in total. The Labute approximate surface area is 163 Å². The van der Waals surface area contributed by atoms with Crippen molar-refractivity contribution in [1.29, 1.82) is 0 Å². The summed E-state index contributed by atoms with van der Waals surface area (Å²) in [6.07, 6.45) is 1.51. The number of esters is 1. The summed E-state index contributed by atoms with van der Waals surface area (Å²) in [6, 6.07) is 15.5. The Kier molecular flexibility index (Phi) is 7.77. The number of benzene rings is 2. The first-order valence-electron chi connectivity index (χ1n) is 8.69. The molecule has 0 atom stereocenters. The quantitative estimate of drug-likeness (QED) is 0.539. The third kappa shape index (κ3) is 6.28. The van der Waals surface area contributed by atoms with Gasteiger partial charge in [-0.25, -0.2) is 0 Å². The van der Waals surface area contributed by atoms with Crippen molar-refractivity contribution < 1.29 is 23.9 Å². The lowest BCUT2D eigenvalue weighted by molar-refractivity contribution is -0.143. The molecule has 0 aromatic heterocycles. The summed E-state index contributed by atoms with van der Waals surface area (Å²) in [5.41, 5.74) is 1.08. The van der Waals surface area contributed by atoms with Crippen molar-refractivity contribution in [2.75, 3.05) is 20.3 Å². The van der Waals surface area contributed by atoms with Crippen LogP contribution in [-0.4, -0.2) is 38.0 Å². The zero-order valence-corrected chi connectivity index (χ0v) is 15.7. The normalized spacial score (nSPS) is 10.7. The zero-order chi connectivity index (χ0) is 20.4. The van der Waals surface area contributed by atoms with E-state index in [9.17, 15) is 14.4 Å². The SMILES string of the molecule is CCOC(=O)CNC(=O)/C(=C/c1ccc(OC)cc1)NC(=O)c1ccccc1. The molecule has 0 bridgehead atoms. The smallest absolute Gasteiger partial charge is 0.325 e. The second kappa shape index (κ2) is 10.5. The predicted molar refractivity (Wildman–Crippen MR) is 105 cm³/mol. The molecular formula is C21H22N2O5. The van der Waals surface area contributed by atoms with Crippen LogP contribution in [-0.2, 0) is 14.3 Å². The fourth-order valence-electron chi connectivity index (χ4n) is 2.27. The summed E-state index contributed by atoms with van der Waals surface area (Å²) in [5, 5.41) is 5.04. The Morgan fingerprint density at radius 3 is 2.29 bits per heavy atom. The van der Waals surface area contributed by atoms with Gasteiger partial charge in [0.2, 0.25) is 0 Å². The van der Waals surface area contributed by atoms with Gasteiger partial charge in [-0.1, -0.05) is 30.3 Å². The Morgan fingerprint density at radius 2 is 1.68 bits per heavy atom. The van der Waals surface area contributed by atoms with Gasteiger partial charge in [0.25, 0.3) is 11.8 Å². The minimum absolute atomic E-state index is 0.00307. The van der Waals surface area contributed by atoms with E-state index < -0.39 is 17.8 Å². The molecule has 0 heterocycles. The fourth-order valence-corrected chi connectivity index (χ4v) is 2.27. The van der Waals surface area contributed by atoms with E-state index in [0.29, 0.717) is 16.9 Å². The molecule has 7 heteroatoms. The van der Waals surface area contributed by atoms with E-state index in [1.165, 1.54) is 6.08 Å². The van der Waals surface area contributed by atoms with Gasteiger partial charge < -0.3 is 20.1 Å². The Morgan fingerprint density at radius 1 is 1.00 bits per heavy atom. The molecule has 2 amide bonds. The molecule has 0 aliphatic carbocycles. The highest BCUT2D eigenvalue weighted by Gasteiger charge is 2.15. The number of carbonyl (C=O) groups excluding carboxylic acids is 3. The average Bonchev–Trinajstić information content (AvgIpc) is 2.72. The lowest BCUT2D eigenvalue weighted by Gasteiger charge is -2.11. The van der Waals surface area contributed by atoms with Gasteiger partial charge in [0.1, 0.15) is 18.0 Å². The van der Waals surface area contributed by atoms with Crippen molar-refractivity contribution in [3.63, 3.8) is 0 Å². The van der Waals surface area contributed by atoms with Crippen molar-refractivity contribution >= 4 is 23.9 Å². The molecule has 0 fully saturated rings. The third-order valence-electron chi connectivity index (χ3n) is 3.65. The standard InChI is InChI=1S/C21H22N2O5/c1-3-28-19(24)14-22-21(26)18(13-15-9-11-17(27-2)12-10-15)23-20(25)16-7-5-4-6-8-16/h4-13H,3,14H2,1-2H3,(H,22,26)(H,23,25)/b18-13-. The lowest BCUT2D eigenvalue weighted by atomic mass is 10.1. The van der Waals surface area contributed by atoms with Crippen LogP contribution in [0.5, 0.6) is 5.75 Å². The van der Waals surface area contributed by atoms with E-state index in [0.717, 1.165) is 0 Å². The van der Waals surface area contributed by atoms with Crippen LogP contribution in [0.2, 0.25) is 0 Å². The molecule has 0 aliphatic heterocycles. The van der Waals surface area contributed by atoms with E-state index >= 15 is 0 Å². The topological polar surface area (TPSA) is 93.7 Å². The van der Waals surface area contributed by atoms with Gasteiger partial charge in [0, 0.05) is 5.56 Å². The zero-order valence-electron chi connectivity index (χ0n) is 15.7. The first-order valence-corrected chi connectivity index (χ1v) is 8.69. The number of amides is 2. The maximum absolute atomic E-state index is 12.5. The molecule has 146 valence electrons. The van der Waals surface area contributed by atoms with Gasteiger partial charge in [-0.15, -0.1) is 0 Å². The Balaban J connectivity index is 2.20. The lowest BCUT2D eigenvalue weighted by Crippen LogP contribution is -2.37. The van der Waals surface area contributed by atoms with Crippen molar-refractivity contribution in [2.45, 2.75) is 6.92 Å². The van der Waals surface area contributed by atoms with Gasteiger partial charge in [0.15, 0.2) is 0 Å². The number of methoxy groups -OCH3 is 1. The van der Waals surface area contributed by atoms with E-state index in [4.69, 9.17) is 9.47 Å². The van der Waals surface area contributed by atoms with Crippen LogP contribution < -0.4 is 15.4 Å². The Hall–Kier alpha value is -3.61. The monoisotopic (exact) mass is 382 g/mol. The third-order valence-corrected chi connectivity index (χ3v) is 3.65. The number of hydrogen-bond acceptors (Lipinski definition) is 5. The van der Waals surface area contributed by atoms with Gasteiger partial charge in [0.05, 0.1) is 13.7 Å². The number of hydrogen-bond donors (Lipinski definition) is 2. The van der Waals surface area contributed by atoms with E-state index in [-0.39, 0.29) is 18.8 Å². The van der Waals surface area contributed by atoms with Crippen LogP contribution in [0.1, 0.15) is 22.8 Å². The minimum atomic E-state index is -0.604. The van der Waals surface area contributed by atoms with Crippen molar-refractivity contribution in [2.24, 2.45) is 0 Å². The fraction of sp³-hybridized carbons (Fsp3) is 0.190. The summed E-state index contributed by atoms with van der Waals surface area (Å²) in [6.45, 7) is 1.59. The maximum atomic E-state index is 12.5. The number of nitrogens with one attached hydrogen (secondary N) is 2. The highest BCUT2D eigenvalue weighted by Crippen LogP contribution is 2.14. The number of rotatable bonds is 8. The van der Waals surface area contributed by atoms with Crippen LogP contribution in [0.15, 0.2) is 60.3 Å². The number of ether oxygens (including phenoxy) is 2. The molecule has 0 saturated carbocycles. The molecule has 0 saturated heterocycles. The van der Waals surface area contributed by atoms with E-state index in [1.807, 2.05) is 0 Å². The van der Waals surface area contributed by atoms with Crippen molar-refractivity contribution in [3.05, 3.63) is 71.4 Å². The summed E-state index contributed by atoms with van der Waals surface area (Å²) < 4.78 is 9.90. The highest BCUT2D eigenvalue weighted by atomic mass is 16.5. The summed E-state index contributed by atoms with van der Waals surface area (Å²) in [7, 11) is 1.55. The first-order chi connectivity index (χ1) is 13.5. The Bertz CT molecular complexity index is 845. The van der Waals surface area contributed by atoms with Crippen LogP contribution in [0.3, 0.4) is 0 Å². The molecule has 2 aromatic carbocycles. The summed E-state index contributed by atoms with van der Waals surface area (Å²) in [4.78, 5) is 36.5. The molecule has 2 aromatic rings. The molecule has 7 nitrogen and oxygen atoms in total. The van der Waals surface area contributed by atoms with Gasteiger partial charge in [-0.3, -0.25) is 14.4 Å². The molecule has 2 rings (SSSR count). The van der Waals surface area contributed by atoms with E-state index in [2.05, 4.69) is 10.6 Å². The molecule has 0 radical (unpaired) electrons. The van der Waals surface area contributed by atoms with Crippen LogP contribution >= 0.6 is 0 Å². The number of carbonyl (C=O) groups is 3. The van der Waals surface area contributed by atoms with Gasteiger partial charge in [-0.05, 0) is 42.8 Å². The maximum Gasteiger partial charge on any atom is 0.325 e. The second-order valence-corrected chi connectivity index (χ2v) is 5.64. The average molecular weight is 382 g/mol. The largest absolute Gasteiger partial charge is 0.497 e. The van der Waals surface area contributed by atoms with Gasteiger partial charge in [-0.2, -0.15) is 0 Å². The molecule has 0 unspecified atom stereocenters. The van der Waals surface area contributed by atoms with Gasteiger partial charge >= 0.3 is 5.97 Å². The highest BCUT2D eigenvalue weighted by molar-refractivity contribution is 6.05. The molecule has 0 spiro atoms. The minimum Gasteiger partial charge on any atom is -0.497 e. The van der Waals surface area contributed by atoms with E-state index in [1.54, 1.807) is 68.6 Å².